The molecular formula is C17H23Cl2N5OS. The molecule has 6 nitrogen and oxygen atoms in total. The van der Waals surface area contributed by atoms with Gasteiger partial charge in [0.1, 0.15) is 11.5 Å². The van der Waals surface area contributed by atoms with Gasteiger partial charge in [0.05, 0.1) is 16.0 Å². The summed E-state index contributed by atoms with van der Waals surface area (Å²) < 4.78 is 0. The van der Waals surface area contributed by atoms with Crippen LogP contribution in [0.3, 0.4) is 0 Å². The van der Waals surface area contributed by atoms with E-state index in [2.05, 4.69) is 27.2 Å². The number of nitrogens with zero attached hydrogens (tertiary/aromatic N) is 2. The number of aromatic amines is 1. The predicted octanol–water partition coefficient (Wildman–Crippen LogP) is 3.96. The van der Waals surface area contributed by atoms with E-state index in [0.29, 0.717) is 18.7 Å². The Balaban J connectivity index is 0.00000169. The number of fused-ring (bicyclic) bond motifs is 1. The lowest BCUT2D eigenvalue weighted by molar-refractivity contribution is 0.102. The van der Waals surface area contributed by atoms with Crippen LogP contribution in [0.4, 0.5) is 5.69 Å². The summed E-state index contributed by atoms with van der Waals surface area (Å²) in [5.74, 6) is 0.779. The van der Waals surface area contributed by atoms with Crippen molar-refractivity contribution in [3.05, 3.63) is 40.1 Å². The largest absolute Gasteiger partial charge is 0.342 e. The van der Waals surface area contributed by atoms with Crippen LogP contribution in [-0.4, -0.2) is 27.4 Å². The van der Waals surface area contributed by atoms with Crippen LogP contribution in [0.5, 0.6) is 0 Å². The number of carbonyl (C=O) groups excluding carboxylic acids is 1. The molecule has 0 saturated heterocycles. The maximum Gasteiger partial charge on any atom is 0.275 e. The zero-order valence-electron chi connectivity index (χ0n) is 14.4. The van der Waals surface area contributed by atoms with Crippen LogP contribution in [0.15, 0.2) is 23.6 Å². The number of hydrogen-bond donors (Lipinski definition) is 3. The first-order valence-corrected chi connectivity index (χ1v) is 9.02. The highest BCUT2D eigenvalue weighted by atomic mass is 35.5. The maximum atomic E-state index is 12.3. The van der Waals surface area contributed by atoms with Crippen LogP contribution in [0.1, 0.15) is 41.1 Å². The smallest absolute Gasteiger partial charge is 0.275 e. The van der Waals surface area contributed by atoms with Gasteiger partial charge in [0.2, 0.25) is 0 Å². The van der Waals surface area contributed by atoms with Gasteiger partial charge in [0.15, 0.2) is 0 Å². The molecule has 1 aromatic carbocycles. The summed E-state index contributed by atoms with van der Waals surface area (Å²) in [5.41, 5.74) is 8.51. The van der Waals surface area contributed by atoms with Crippen molar-refractivity contribution in [3.63, 3.8) is 0 Å². The van der Waals surface area contributed by atoms with E-state index in [0.717, 1.165) is 46.8 Å². The van der Waals surface area contributed by atoms with Crippen LogP contribution in [0, 0.1) is 0 Å². The van der Waals surface area contributed by atoms with E-state index in [1.165, 1.54) is 11.3 Å². The number of halogens is 2. The second-order valence-electron chi connectivity index (χ2n) is 5.64. The fourth-order valence-corrected chi connectivity index (χ4v) is 3.25. The number of rotatable bonds is 7. The van der Waals surface area contributed by atoms with Crippen LogP contribution in [0.25, 0.3) is 11.0 Å². The Labute approximate surface area is 168 Å². The molecule has 0 atom stereocenters. The lowest BCUT2D eigenvalue weighted by Gasteiger charge is -2.02. The Morgan fingerprint density at radius 1 is 1.27 bits per heavy atom. The normalized spacial score (nSPS) is 10.2. The number of anilines is 1. The van der Waals surface area contributed by atoms with Gasteiger partial charge in [-0.15, -0.1) is 36.2 Å². The molecule has 2 heterocycles. The molecule has 0 unspecified atom stereocenters. The molecule has 0 saturated carbocycles. The third kappa shape index (κ3) is 5.41. The van der Waals surface area contributed by atoms with Gasteiger partial charge >= 0.3 is 0 Å². The summed E-state index contributed by atoms with van der Waals surface area (Å²) >= 11 is 1.46. The molecular weight excluding hydrogens is 393 g/mol. The summed E-state index contributed by atoms with van der Waals surface area (Å²) in [6.45, 7) is 2.69. The van der Waals surface area contributed by atoms with Crippen LogP contribution >= 0.6 is 36.2 Å². The zero-order chi connectivity index (χ0) is 16.9. The molecule has 0 spiro atoms. The summed E-state index contributed by atoms with van der Waals surface area (Å²) in [6.07, 6.45) is 3.88. The van der Waals surface area contributed by atoms with Crippen molar-refractivity contribution in [2.45, 2.75) is 32.6 Å². The van der Waals surface area contributed by atoms with Gasteiger partial charge in [-0.25, -0.2) is 9.97 Å². The molecule has 142 valence electrons. The van der Waals surface area contributed by atoms with E-state index in [-0.39, 0.29) is 30.7 Å². The SMILES string of the molecule is CCCCc1nc2ccc(NC(=O)c3csc(CCN)n3)cc2[nH]1.Cl.Cl. The lowest BCUT2D eigenvalue weighted by Crippen LogP contribution is -2.12. The van der Waals surface area contributed by atoms with E-state index in [1.54, 1.807) is 5.38 Å². The standard InChI is InChI=1S/C17H21N5OS.2ClH/c1-2-3-4-15-20-12-6-5-11(9-13(12)21-15)19-17(23)14-10-24-16(22-14)7-8-18;;/h5-6,9-10H,2-4,7-8,18H2,1H3,(H,19,23)(H,20,21);2*1H. The average molecular weight is 416 g/mol. The topological polar surface area (TPSA) is 96.7 Å². The van der Waals surface area contributed by atoms with E-state index >= 15 is 0 Å². The molecule has 9 heteroatoms. The molecule has 1 amide bonds. The second-order valence-corrected chi connectivity index (χ2v) is 6.58. The highest BCUT2D eigenvalue weighted by Gasteiger charge is 2.12. The number of hydrogen-bond acceptors (Lipinski definition) is 5. The first-order chi connectivity index (χ1) is 11.7. The Bertz CT molecular complexity index is 849. The van der Waals surface area contributed by atoms with E-state index in [1.807, 2.05) is 18.2 Å². The van der Waals surface area contributed by atoms with Gasteiger partial charge in [0.25, 0.3) is 5.91 Å². The summed E-state index contributed by atoms with van der Waals surface area (Å²) in [6, 6.07) is 5.68. The number of benzene rings is 1. The van der Waals surface area contributed by atoms with Crippen LogP contribution in [-0.2, 0) is 12.8 Å². The minimum absolute atomic E-state index is 0. The first kappa shape index (κ1) is 22.4. The first-order valence-electron chi connectivity index (χ1n) is 8.14. The number of nitrogens with one attached hydrogen (secondary N) is 2. The lowest BCUT2D eigenvalue weighted by atomic mass is 10.2. The number of nitrogens with two attached hydrogens (primary N) is 1. The molecule has 0 aliphatic heterocycles. The van der Waals surface area contributed by atoms with Gasteiger partial charge in [0, 0.05) is 23.9 Å². The molecule has 4 N–H and O–H groups in total. The highest BCUT2D eigenvalue weighted by Crippen LogP contribution is 2.19. The molecule has 0 radical (unpaired) electrons. The van der Waals surface area contributed by atoms with Crippen molar-refractivity contribution >= 4 is 58.8 Å². The van der Waals surface area contributed by atoms with Gasteiger partial charge < -0.3 is 16.0 Å². The number of thiazole rings is 1. The monoisotopic (exact) mass is 415 g/mol. The van der Waals surface area contributed by atoms with E-state index in [9.17, 15) is 4.79 Å². The highest BCUT2D eigenvalue weighted by molar-refractivity contribution is 7.09. The number of carbonyl (C=O) groups is 1. The van der Waals surface area contributed by atoms with Gasteiger partial charge in [-0.2, -0.15) is 0 Å². The van der Waals surface area contributed by atoms with Crippen LogP contribution < -0.4 is 11.1 Å². The van der Waals surface area contributed by atoms with Crippen molar-refractivity contribution in [1.82, 2.24) is 15.0 Å². The molecule has 3 aromatic rings. The number of imidazole rings is 1. The number of unbranched alkanes of at least 4 members (excludes halogenated alkanes) is 1. The van der Waals surface area contributed by atoms with E-state index in [4.69, 9.17) is 5.73 Å². The fourth-order valence-electron chi connectivity index (χ4n) is 2.45. The Hall–Kier alpha value is -1.67. The minimum atomic E-state index is -0.209. The summed E-state index contributed by atoms with van der Waals surface area (Å²) in [4.78, 5) is 24.5. The maximum absolute atomic E-state index is 12.3. The van der Waals surface area contributed by atoms with Gasteiger partial charge in [-0.05, 0) is 31.2 Å². The minimum Gasteiger partial charge on any atom is -0.342 e. The van der Waals surface area contributed by atoms with Crippen molar-refractivity contribution in [2.75, 3.05) is 11.9 Å². The van der Waals surface area contributed by atoms with Gasteiger partial charge in [-0.1, -0.05) is 13.3 Å². The van der Waals surface area contributed by atoms with E-state index < -0.39 is 0 Å². The molecule has 2 aromatic heterocycles. The quantitative estimate of drug-likeness (QED) is 0.543. The van der Waals surface area contributed by atoms with Crippen molar-refractivity contribution in [1.29, 1.82) is 0 Å². The second kappa shape index (κ2) is 10.5. The van der Waals surface area contributed by atoms with Crippen molar-refractivity contribution < 1.29 is 4.79 Å². The Morgan fingerprint density at radius 2 is 2.08 bits per heavy atom. The molecule has 3 rings (SSSR count). The third-order valence-electron chi connectivity index (χ3n) is 3.70. The predicted molar refractivity (Wildman–Crippen MR) is 112 cm³/mol. The summed E-state index contributed by atoms with van der Waals surface area (Å²) in [7, 11) is 0. The third-order valence-corrected chi connectivity index (χ3v) is 4.61. The Morgan fingerprint density at radius 3 is 2.81 bits per heavy atom. The van der Waals surface area contributed by atoms with Crippen LogP contribution in [0.2, 0.25) is 0 Å². The fraction of sp³-hybridized carbons (Fsp3) is 0.353. The Kier molecular flexibility index (Phi) is 9.01. The molecule has 0 aliphatic rings. The summed E-state index contributed by atoms with van der Waals surface area (Å²) in [5, 5.41) is 5.53. The molecule has 0 bridgehead atoms. The van der Waals surface area contributed by atoms with Gasteiger partial charge in [-0.3, -0.25) is 4.79 Å². The average Bonchev–Trinajstić information content (AvgIpc) is 3.19. The number of H-pyrrole nitrogens is 1. The zero-order valence-corrected chi connectivity index (χ0v) is 16.9. The molecule has 0 aliphatic carbocycles. The molecule has 26 heavy (non-hydrogen) atoms. The number of aromatic nitrogens is 3. The molecule has 0 fully saturated rings. The van der Waals surface area contributed by atoms with Crippen molar-refractivity contribution in [2.24, 2.45) is 5.73 Å². The number of amides is 1. The van der Waals surface area contributed by atoms with Crippen molar-refractivity contribution in [3.8, 4) is 0 Å². The number of aryl methyl sites for hydroxylation is 1.